The molecule has 0 radical (unpaired) electrons. The highest BCUT2D eigenvalue weighted by molar-refractivity contribution is 5.94. The number of hydrogen-bond donors (Lipinski definition) is 0. The Morgan fingerprint density at radius 3 is 1.36 bits per heavy atom. The van der Waals surface area contributed by atoms with E-state index in [4.69, 9.17) is 28.4 Å². The number of hydrogen-bond acceptors (Lipinski definition) is 14. The number of benzene rings is 1. The molecule has 1 aromatic carbocycles. The van der Waals surface area contributed by atoms with Crippen LogP contribution in [0.1, 0.15) is 157 Å². The average molecular weight is 973 g/mol. The maximum absolute atomic E-state index is 13.7. The van der Waals surface area contributed by atoms with Gasteiger partial charge in [-0.25, -0.2) is 19.2 Å². The van der Waals surface area contributed by atoms with Crippen molar-refractivity contribution in [3.8, 4) is 5.75 Å². The van der Waals surface area contributed by atoms with E-state index in [0.717, 1.165) is 127 Å². The maximum Gasteiger partial charge on any atom is 0.342 e. The molecule has 384 valence electrons. The smallest absolute Gasteiger partial charge is 0.342 e. The van der Waals surface area contributed by atoms with Gasteiger partial charge in [0.15, 0.2) is 0 Å². The SMILES string of the molecule is C=CC(=O)OCCCCCC(=O)C1CCC(C2CCC(C(=O)Oc3ccc(CC(=O)C4CCC(C5CCC(C(=O)OCCCCOC(=O)C=C)CC5)CC4)cc3C(=O)OCCOC(=O)C=C)CC2)CC1. The Kier molecular flexibility index (Phi) is 23.6. The van der Waals surface area contributed by atoms with Crippen molar-refractivity contribution in [2.45, 2.75) is 148 Å². The maximum atomic E-state index is 13.7. The summed E-state index contributed by atoms with van der Waals surface area (Å²) < 4.78 is 31.8. The molecule has 4 saturated carbocycles. The van der Waals surface area contributed by atoms with Crippen molar-refractivity contribution in [1.82, 2.24) is 0 Å². The molecule has 4 aliphatic carbocycles. The molecule has 0 saturated heterocycles. The molecule has 0 spiro atoms. The van der Waals surface area contributed by atoms with Crippen molar-refractivity contribution in [3.05, 3.63) is 67.3 Å². The number of esters is 6. The molecule has 4 aliphatic rings. The topological polar surface area (TPSA) is 192 Å². The Hall–Kier alpha value is -5.40. The van der Waals surface area contributed by atoms with Gasteiger partial charge >= 0.3 is 35.8 Å². The monoisotopic (exact) mass is 973 g/mol. The van der Waals surface area contributed by atoms with Crippen LogP contribution in [0, 0.1) is 47.3 Å². The summed E-state index contributed by atoms with van der Waals surface area (Å²) in [5.74, 6) is -0.786. The summed E-state index contributed by atoms with van der Waals surface area (Å²) in [6.45, 7) is 10.6. The van der Waals surface area contributed by atoms with Crippen LogP contribution in [0.25, 0.3) is 0 Å². The first-order valence-electron chi connectivity index (χ1n) is 26.0. The van der Waals surface area contributed by atoms with E-state index in [1.807, 2.05) is 0 Å². The van der Waals surface area contributed by atoms with E-state index >= 15 is 0 Å². The van der Waals surface area contributed by atoms with Gasteiger partial charge in [-0.05, 0) is 176 Å². The largest absolute Gasteiger partial charge is 0.465 e. The Morgan fingerprint density at radius 2 is 0.857 bits per heavy atom. The van der Waals surface area contributed by atoms with Crippen LogP contribution >= 0.6 is 0 Å². The van der Waals surface area contributed by atoms with E-state index in [1.165, 1.54) is 0 Å². The van der Waals surface area contributed by atoms with Gasteiger partial charge in [0.05, 0.1) is 31.7 Å². The lowest BCUT2D eigenvalue weighted by Crippen LogP contribution is -2.31. The van der Waals surface area contributed by atoms with Gasteiger partial charge < -0.3 is 28.4 Å². The van der Waals surface area contributed by atoms with Crippen molar-refractivity contribution in [3.63, 3.8) is 0 Å². The van der Waals surface area contributed by atoms with Gasteiger partial charge in [-0.3, -0.25) is 19.2 Å². The molecule has 0 aliphatic heterocycles. The Balaban J connectivity index is 1.05. The highest BCUT2D eigenvalue weighted by Crippen LogP contribution is 2.44. The minimum Gasteiger partial charge on any atom is -0.465 e. The van der Waals surface area contributed by atoms with Crippen LogP contribution in [0.5, 0.6) is 5.75 Å². The van der Waals surface area contributed by atoms with Gasteiger partial charge in [-0.2, -0.15) is 0 Å². The highest BCUT2D eigenvalue weighted by atomic mass is 16.6. The van der Waals surface area contributed by atoms with Gasteiger partial charge in [0, 0.05) is 42.9 Å². The van der Waals surface area contributed by atoms with Crippen LogP contribution in [-0.4, -0.2) is 80.4 Å². The lowest BCUT2D eigenvalue weighted by Gasteiger charge is -2.37. The van der Waals surface area contributed by atoms with E-state index < -0.39 is 29.8 Å². The molecule has 1 aromatic rings. The van der Waals surface area contributed by atoms with Gasteiger partial charge in [0.25, 0.3) is 0 Å². The Morgan fingerprint density at radius 1 is 0.443 bits per heavy atom. The van der Waals surface area contributed by atoms with Crippen LogP contribution in [0.2, 0.25) is 0 Å². The fraction of sp³-hybridized carbons (Fsp3) is 0.643. The molecule has 70 heavy (non-hydrogen) atoms. The zero-order chi connectivity index (χ0) is 50.3. The summed E-state index contributed by atoms with van der Waals surface area (Å²) in [6.07, 6.45) is 21.5. The molecule has 5 rings (SSSR count). The standard InChI is InChI=1S/C56H76O14/c1-4-51(59)65-31-9-7-8-12-48(57)43-22-14-39(15-23-43)42-20-28-46(29-21-42)55(63)70-50-30-13-38(36-47(50)56(64)69-35-34-67-53(61)6-3)37-49(58)44-24-16-40(17-25-44)41-18-26-45(27-19-41)54(62)68-33-11-10-32-66-52(60)5-2/h4-6,13,30,36,39-46H,1-3,7-12,14-29,31-35,37H2. The predicted octanol–water partition coefficient (Wildman–Crippen LogP) is 9.73. The third kappa shape index (κ3) is 18.1. The van der Waals surface area contributed by atoms with Crippen LogP contribution < -0.4 is 4.74 Å². The first-order valence-corrected chi connectivity index (χ1v) is 26.0. The zero-order valence-corrected chi connectivity index (χ0v) is 41.2. The van der Waals surface area contributed by atoms with Crippen LogP contribution in [0.4, 0.5) is 0 Å². The number of ketones is 2. The highest BCUT2D eigenvalue weighted by Gasteiger charge is 2.37. The van der Waals surface area contributed by atoms with Gasteiger partial charge in [-0.1, -0.05) is 25.8 Å². The molecule has 0 unspecified atom stereocenters. The van der Waals surface area contributed by atoms with Crippen molar-refractivity contribution in [2.24, 2.45) is 47.3 Å². The van der Waals surface area contributed by atoms with E-state index in [2.05, 4.69) is 19.7 Å². The number of carbonyl (C=O) groups is 8. The third-order valence-corrected chi connectivity index (χ3v) is 15.3. The number of rotatable bonds is 27. The minimum absolute atomic E-state index is 0.0254. The summed E-state index contributed by atoms with van der Waals surface area (Å²) in [4.78, 5) is 100. The van der Waals surface area contributed by atoms with Crippen molar-refractivity contribution in [1.29, 1.82) is 0 Å². The molecule has 0 amide bonds. The van der Waals surface area contributed by atoms with E-state index in [-0.39, 0.29) is 73.0 Å². The fourth-order valence-electron chi connectivity index (χ4n) is 11.1. The summed E-state index contributed by atoms with van der Waals surface area (Å²) in [7, 11) is 0. The zero-order valence-electron chi connectivity index (χ0n) is 41.2. The first-order chi connectivity index (χ1) is 33.9. The summed E-state index contributed by atoms with van der Waals surface area (Å²) in [5, 5.41) is 0. The van der Waals surface area contributed by atoms with Gasteiger partial charge in [-0.15, -0.1) is 0 Å². The van der Waals surface area contributed by atoms with Crippen molar-refractivity contribution < 1.29 is 66.8 Å². The summed E-state index contributed by atoms with van der Waals surface area (Å²) in [5.41, 5.74) is 0.636. The van der Waals surface area contributed by atoms with E-state index in [0.29, 0.717) is 80.3 Å². The summed E-state index contributed by atoms with van der Waals surface area (Å²) in [6, 6.07) is 4.85. The Labute approximate surface area is 414 Å². The molecule has 0 N–H and O–H groups in total. The van der Waals surface area contributed by atoms with Crippen molar-refractivity contribution >= 4 is 47.4 Å². The van der Waals surface area contributed by atoms with E-state index in [9.17, 15) is 38.4 Å². The molecule has 0 atom stereocenters. The Bertz CT molecular complexity index is 1950. The molecular formula is C56H76O14. The van der Waals surface area contributed by atoms with Gasteiger partial charge in [0.1, 0.15) is 36.1 Å². The average Bonchev–Trinajstić information content (AvgIpc) is 3.39. The molecular weight excluding hydrogens is 897 g/mol. The molecule has 0 bridgehead atoms. The molecule has 0 aromatic heterocycles. The van der Waals surface area contributed by atoms with Gasteiger partial charge in [0.2, 0.25) is 0 Å². The van der Waals surface area contributed by atoms with Crippen molar-refractivity contribution in [2.75, 3.05) is 33.0 Å². The number of Topliss-reactive ketones (excluding diaryl/α,β-unsaturated/α-hetero) is 2. The minimum atomic E-state index is -0.761. The molecule has 14 nitrogen and oxygen atoms in total. The lowest BCUT2D eigenvalue weighted by molar-refractivity contribution is -0.151. The second kappa shape index (κ2) is 29.7. The van der Waals surface area contributed by atoms with E-state index in [1.54, 1.807) is 18.2 Å². The normalized spacial score (nSPS) is 24.4. The van der Waals surface area contributed by atoms with Crippen LogP contribution in [-0.2, 0) is 63.7 Å². The predicted molar refractivity (Wildman–Crippen MR) is 260 cm³/mol. The van der Waals surface area contributed by atoms with Crippen LogP contribution in [0.15, 0.2) is 56.2 Å². The third-order valence-electron chi connectivity index (χ3n) is 15.3. The molecule has 14 heteroatoms. The second-order valence-corrected chi connectivity index (χ2v) is 19.7. The first kappa shape index (κ1) is 55.5. The number of ether oxygens (including phenoxy) is 6. The lowest BCUT2D eigenvalue weighted by atomic mass is 9.68. The van der Waals surface area contributed by atoms with Crippen LogP contribution in [0.3, 0.4) is 0 Å². The summed E-state index contributed by atoms with van der Waals surface area (Å²) >= 11 is 0. The fourth-order valence-corrected chi connectivity index (χ4v) is 11.1. The number of unbranched alkanes of at least 4 members (excludes halogenated alkanes) is 3. The molecule has 0 heterocycles. The quantitative estimate of drug-likeness (QED) is 0.0266. The second-order valence-electron chi connectivity index (χ2n) is 19.7. The molecule has 4 fully saturated rings. The number of carbonyl (C=O) groups excluding carboxylic acids is 8.